The number of benzene rings is 3. The molecule has 3 aromatic rings. The zero-order valence-electron chi connectivity index (χ0n) is 15.8. The van der Waals surface area contributed by atoms with Crippen LogP contribution in [0.2, 0.25) is 0 Å². The van der Waals surface area contributed by atoms with Gasteiger partial charge in [-0.15, -0.1) is 0 Å². The fraction of sp³-hybridized carbons (Fsp3) is 0.100. The molecule has 0 fully saturated rings. The summed E-state index contributed by atoms with van der Waals surface area (Å²) in [7, 11) is -0.974. The second-order valence-corrected chi connectivity index (χ2v) is 7.76. The van der Waals surface area contributed by atoms with Gasteiger partial charge in [0.2, 0.25) is 0 Å². The van der Waals surface area contributed by atoms with Gasteiger partial charge in [0.15, 0.2) is 0 Å². The highest BCUT2D eigenvalue weighted by Crippen LogP contribution is 2.34. The van der Waals surface area contributed by atoms with E-state index in [1.807, 2.05) is 42.3 Å². The molecule has 0 heterocycles. The Labute approximate surface area is 168 Å². The van der Waals surface area contributed by atoms with Crippen LogP contribution in [-0.2, 0) is 10.0 Å². The van der Waals surface area contributed by atoms with Crippen molar-refractivity contribution in [3.8, 4) is 5.75 Å². The van der Waals surface area contributed by atoms with E-state index in [-0.39, 0.29) is 16.3 Å². The largest absolute Gasteiger partial charge is 0.495 e. The van der Waals surface area contributed by atoms with Crippen molar-refractivity contribution in [2.75, 3.05) is 23.8 Å². The summed E-state index contributed by atoms with van der Waals surface area (Å²) in [4.78, 5) is 12.0. The first kappa shape index (κ1) is 20.2. The summed E-state index contributed by atoms with van der Waals surface area (Å²) in [6.07, 6.45) is 0. The number of hydrogen-bond acceptors (Lipinski definition) is 6. The zero-order valence-corrected chi connectivity index (χ0v) is 16.6. The number of non-ortho nitro benzene ring substituents is 1. The normalized spacial score (nSPS) is 11.0. The molecule has 0 aliphatic rings. The molecule has 0 saturated carbocycles. The van der Waals surface area contributed by atoms with Crippen LogP contribution < -0.4 is 14.4 Å². The van der Waals surface area contributed by atoms with Crippen LogP contribution in [0.15, 0.2) is 77.7 Å². The predicted molar refractivity (Wildman–Crippen MR) is 111 cm³/mol. The van der Waals surface area contributed by atoms with Crippen molar-refractivity contribution >= 4 is 32.8 Å². The summed E-state index contributed by atoms with van der Waals surface area (Å²) in [5, 5.41) is 11.0. The van der Waals surface area contributed by atoms with E-state index in [1.54, 1.807) is 24.3 Å². The van der Waals surface area contributed by atoms with Gasteiger partial charge in [-0.3, -0.25) is 14.8 Å². The highest BCUT2D eigenvalue weighted by molar-refractivity contribution is 7.92. The number of methoxy groups -OCH3 is 1. The van der Waals surface area contributed by atoms with Crippen molar-refractivity contribution in [3.63, 3.8) is 0 Å². The highest BCUT2D eigenvalue weighted by atomic mass is 32.2. The maximum atomic E-state index is 13.0. The van der Waals surface area contributed by atoms with Crippen molar-refractivity contribution in [2.45, 2.75) is 4.90 Å². The van der Waals surface area contributed by atoms with Crippen molar-refractivity contribution < 1.29 is 18.1 Å². The lowest BCUT2D eigenvalue weighted by Crippen LogP contribution is -2.17. The lowest BCUT2D eigenvalue weighted by atomic mass is 10.2. The maximum Gasteiger partial charge on any atom is 0.273 e. The van der Waals surface area contributed by atoms with Crippen LogP contribution in [0.4, 0.5) is 22.7 Å². The van der Waals surface area contributed by atoms with E-state index < -0.39 is 14.9 Å². The molecule has 0 unspecified atom stereocenters. The molecule has 8 nitrogen and oxygen atoms in total. The third-order valence-electron chi connectivity index (χ3n) is 4.30. The van der Waals surface area contributed by atoms with Crippen molar-refractivity contribution in [1.82, 2.24) is 0 Å². The summed E-state index contributed by atoms with van der Waals surface area (Å²) < 4.78 is 33.6. The van der Waals surface area contributed by atoms with Gasteiger partial charge in [-0.1, -0.05) is 30.3 Å². The van der Waals surface area contributed by atoms with Gasteiger partial charge in [0.1, 0.15) is 10.6 Å². The smallest absolute Gasteiger partial charge is 0.273 e. The van der Waals surface area contributed by atoms with E-state index in [0.29, 0.717) is 11.4 Å². The number of nitrogens with zero attached hydrogens (tertiary/aromatic N) is 2. The van der Waals surface area contributed by atoms with Gasteiger partial charge in [-0.05, 0) is 30.3 Å². The SMILES string of the molecule is COc1cc([N+](=O)[O-])ccc1S(=O)(=O)Nc1ccccc1N(C)c1ccccc1. The van der Waals surface area contributed by atoms with Gasteiger partial charge < -0.3 is 9.64 Å². The fourth-order valence-electron chi connectivity index (χ4n) is 2.83. The average molecular weight is 413 g/mol. The minimum absolute atomic E-state index is 0.111. The Bertz CT molecular complexity index is 1130. The van der Waals surface area contributed by atoms with Crippen LogP contribution in [0.1, 0.15) is 0 Å². The second kappa shape index (κ2) is 8.19. The molecule has 1 N–H and O–H groups in total. The summed E-state index contributed by atoms with van der Waals surface area (Å²) in [6.45, 7) is 0. The number of nitrogens with one attached hydrogen (secondary N) is 1. The molecule has 0 bridgehead atoms. The summed E-state index contributed by atoms with van der Waals surface area (Å²) >= 11 is 0. The Hall–Kier alpha value is -3.59. The molecule has 0 aromatic heterocycles. The highest BCUT2D eigenvalue weighted by Gasteiger charge is 2.24. The van der Waals surface area contributed by atoms with Gasteiger partial charge in [0.05, 0.1) is 29.5 Å². The molecule has 3 rings (SSSR count). The predicted octanol–water partition coefficient (Wildman–Crippen LogP) is 4.17. The van der Waals surface area contributed by atoms with Crippen molar-refractivity contribution in [1.29, 1.82) is 0 Å². The Morgan fingerprint density at radius 2 is 1.66 bits per heavy atom. The van der Waals surface area contributed by atoms with Gasteiger partial charge in [0.25, 0.3) is 15.7 Å². The lowest BCUT2D eigenvalue weighted by molar-refractivity contribution is -0.385. The van der Waals surface area contributed by atoms with Crippen LogP contribution in [0.25, 0.3) is 0 Å². The van der Waals surface area contributed by atoms with Crippen LogP contribution in [-0.4, -0.2) is 27.5 Å². The molecule has 29 heavy (non-hydrogen) atoms. The van der Waals surface area contributed by atoms with Gasteiger partial charge in [0, 0.05) is 18.8 Å². The first-order valence-electron chi connectivity index (χ1n) is 8.56. The van der Waals surface area contributed by atoms with Gasteiger partial charge in [-0.2, -0.15) is 0 Å². The number of nitro groups is 1. The summed E-state index contributed by atoms with van der Waals surface area (Å²) in [6, 6.07) is 19.8. The minimum Gasteiger partial charge on any atom is -0.495 e. The second-order valence-electron chi connectivity index (χ2n) is 6.11. The number of hydrogen-bond donors (Lipinski definition) is 1. The zero-order chi connectivity index (χ0) is 21.0. The molecular weight excluding hydrogens is 394 g/mol. The third-order valence-corrected chi connectivity index (χ3v) is 5.71. The molecule has 0 atom stereocenters. The first-order valence-corrected chi connectivity index (χ1v) is 10.0. The van der Waals surface area contributed by atoms with Gasteiger partial charge >= 0.3 is 0 Å². The summed E-state index contributed by atoms with van der Waals surface area (Å²) in [5.41, 5.74) is 1.62. The first-order chi connectivity index (χ1) is 13.8. The van der Waals surface area contributed by atoms with E-state index in [4.69, 9.17) is 4.74 Å². The molecule has 0 amide bonds. The Morgan fingerprint density at radius 3 is 2.31 bits per heavy atom. The molecule has 9 heteroatoms. The van der Waals surface area contributed by atoms with E-state index >= 15 is 0 Å². The molecular formula is C20H19N3O5S. The average Bonchev–Trinajstić information content (AvgIpc) is 2.73. The number of anilines is 3. The standard InChI is InChI=1S/C20H19N3O5S/c1-22(15-8-4-3-5-9-15)18-11-7-6-10-17(18)21-29(26,27)20-13-12-16(23(24)25)14-19(20)28-2/h3-14,21H,1-2H3. The molecule has 150 valence electrons. The van der Waals surface area contributed by atoms with Crippen LogP contribution in [0.5, 0.6) is 5.75 Å². The van der Waals surface area contributed by atoms with Crippen LogP contribution >= 0.6 is 0 Å². The Balaban J connectivity index is 1.99. The molecule has 0 radical (unpaired) electrons. The fourth-order valence-corrected chi connectivity index (χ4v) is 4.06. The third kappa shape index (κ3) is 4.30. The number of nitro benzene ring substituents is 1. The number of rotatable bonds is 7. The summed E-state index contributed by atoms with van der Waals surface area (Å²) in [5.74, 6) is -0.111. The van der Waals surface area contributed by atoms with E-state index in [0.717, 1.165) is 23.9 Å². The maximum absolute atomic E-state index is 13.0. The lowest BCUT2D eigenvalue weighted by Gasteiger charge is -2.23. The van der Waals surface area contributed by atoms with E-state index in [9.17, 15) is 18.5 Å². The number of para-hydroxylation sites is 3. The topological polar surface area (TPSA) is 102 Å². The minimum atomic E-state index is -4.06. The number of sulfonamides is 1. The van der Waals surface area contributed by atoms with Crippen molar-refractivity contribution in [2.24, 2.45) is 0 Å². The molecule has 3 aromatic carbocycles. The quantitative estimate of drug-likeness (QED) is 0.461. The van der Waals surface area contributed by atoms with E-state index in [1.165, 1.54) is 7.11 Å². The molecule has 0 aliphatic heterocycles. The van der Waals surface area contributed by atoms with Crippen molar-refractivity contribution in [3.05, 3.63) is 82.9 Å². The molecule has 0 aliphatic carbocycles. The number of ether oxygens (including phenoxy) is 1. The van der Waals surface area contributed by atoms with E-state index in [2.05, 4.69) is 4.72 Å². The monoisotopic (exact) mass is 413 g/mol. The molecule has 0 saturated heterocycles. The Morgan fingerprint density at radius 1 is 1.00 bits per heavy atom. The Kier molecular flexibility index (Phi) is 5.69. The molecule has 0 spiro atoms. The van der Waals surface area contributed by atoms with Crippen LogP contribution in [0.3, 0.4) is 0 Å². The van der Waals surface area contributed by atoms with Crippen LogP contribution in [0, 0.1) is 10.1 Å². The van der Waals surface area contributed by atoms with Gasteiger partial charge in [-0.25, -0.2) is 8.42 Å².